The van der Waals surface area contributed by atoms with Crippen LogP contribution in [0.2, 0.25) is 0 Å². The molecule has 0 aliphatic carbocycles. The molecule has 2 aromatic carbocycles. The average Bonchev–Trinajstić information content (AvgIpc) is 3.21. The zero-order valence-electron chi connectivity index (χ0n) is 21.2. The second kappa shape index (κ2) is 13.4. The number of amides is 1. The number of carbonyl (C=O) groups is 4. The van der Waals surface area contributed by atoms with Crippen LogP contribution >= 0.6 is 0 Å². The van der Waals surface area contributed by atoms with Gasteiger partial charge >= 0.3 is 17.9 Å². The van der Waals surface area contributed by atoms with Crippen LogP contribution in [-0.2, 0) is 25.7 Å². The van der Waals surface area contributed by atoms with Crippen LogP contribution in [-0.4, -0.2) is 79.9 Å². The summed E-state index contributed by atoms with van der Waals surface area (Å²) in [5, 5.41) is 37.5. The van der Waals surface area contributed by atoms with Gasteiger partial charge in [-0.1, -0.05) is 18.2 Å². The zero-order valence-corrected chi connectivity index (χ0v) is 21.2. The molecule has 0 aliphatic rings. The van der Waals surface area contributed by atoms with E-state index in [0.717, 1.165) is 5.39 Å². The molecule has 1 unspecified atom stereocenters. The van der Waals surface area contributed by atoms with E-state index in [0.29, 0.717) is 11.1 Å². The highest BCUT2D eigenvalue weighted by Crippen LogP contribution is 2.21. The second-order valence-corrected chi connectivity index (χ2v) is 8.93. The molecule has 0 bridgehead atoms. The van der Waals surface area contributed by atoms with E-state index in [1.165, 1.54) is 18.2 Å². The third-order valence-corrected chi connectivity index (χ3v) is 5.72. The molecule has 3 aromatic rings. The Morgan fingerprint density at radius 2 is 1.59 bits per heavy atom. The van der Waals surface area contributed by atoms with Crippen LogP contribution in [0.5, 0.6) is 0 Å². The SMILES string of the molecule is CN(C)C(CNC(=O)Cn1ccc2ccc(F)cc21)c1ccccc1F.O=C(O)CC(O)(CC(=O)O)C(=O)O. The van der Waals surface area contributed by atoms with Gasteiger partial charge in [-0.15, -0.1) is 0 Å². The number of rotatable bonds is 11. The lowest BCUT2D eigenvalue weighted by molar-refractivity contribution is -0.170. The molecule has 3 rings (SSSR count). The Morgan fingerprint density at radius 3 is 2.13 bits per heavy atom. The van der Waals surface area contributed by atoms with E-state index in [2.05, 4.69) is 5.32 Å². The molecule has 5 N–H and O–H groups in total. The summed E-state index contributed by atoms with van der Waals surface area (Å²) in [7, 11) is 3.68. The number of aliphatic hydroxyl groups is 1. The molecular weight excluding hydrogens is 520 g/mol. The number of hydrogen-bond donors (Lipinski definition) is 5. The number of fused-ring (bicyclic) bond motifs is 1. The van der Waals surface area contributed by atoms with Gasteiger partial charge < -0.3 is 35.2 Å². The van der Waals surface area contributed by atoms with Crippen LogP contribution in [0.4, 0.5) is 8.78 Å². The third kappa shape index (κ3) is 8.86. The Labute approximate surface area is 221 Å². The fourth-order valence-corrected chi connectivity index (χ4v) is 3.75. The highest BCUT2D eigenvalue weighted by atomic mass is 19.1. The molecule has 0 fully saturated rings. The lowest BCUT2D eigenvalue weighted by atomic mass is 9.96. The van der Waals surface area contributed by atoms with Gasteiger partial charge in [0.25, 0.3) is 0 Å². The molecule has 1 amide bonds. The Hall–Kier alpha value is -4.36. The monoisotopic (exact) mass is 549 g/mol. The number of carboxylic acid groups (broad SMARTS) is 3. The predicted molar refractivity (Wildman–Crippen MR) is 135 cm³/mol. The Morgan fingerprint density at radius 1 is 0.974 bits per heavy atom. The molecule has 0 aliphatic heterocycles. The maximum atomic E-state index is 14.1. The zero-order chi connectivity index (χ0) is 29.3. The summed E-state index contributed by atoms with van der Waals surface area (Å²) in [6.07, 6.45) is -0.534. The number of aliphatic carboxylic acids is 3. The van der Waals surface area contributed by atoms with Gasteiger partial charge in [0, 0.05) is 18.3 Å². The minimum absolute atomic E-state index is 0.0738. The fraction of sp³-hybridized carbons (Fsp3) is 0.308. The number of benzene rings is 2. The van der Waals surface area contributed by atoms with Crippen LogP contribution in [0.15, 0.2) is 54.7 Å². The molecule has 39 heavy (non-hydrogen) atoms. The number of hydrogen-bond acceptors (Lipinski definition) is 6. The van der Waals surface area contributed by atoms with Crippen molar-refractivity contribution in [3.05, 3.63) is 71.9 Å². The first-order valence-corrected chi connectivity index (χ1v) is 11.5. The highest BCUT2D eigenvalue weighted by molar-refractivity contribution is 5.88. The molecule has 13 heteroatoms. The van der Waals surface area contributed by atoms with Crippen molar-refractivity contribution in [1.82, 2.24) is 14.8 Å². The number of nitrogens with one attached hydrogen (secondary N) is 1. The molecule has 0 saturated carbocycles. The number of nitrogens with zero attached hydrogens (tertiary/aromatic N) is 2. The van der Waals surface area contributed by atoms with Crippen molar-refractivity contribution in [2.24, 2.45) is 0 Å². The van der Waals surface area contributed by atoms with Crippen molar-refractivity contribution < 1.29 is 48.4 Å². The van der Waals surface area contributed by atoms with E-state index in [1.54, 1.807) is 35.0 Å². The maximum Gasteiger partial charge on any atom is 0.336 e. The molecule has 0 saturated heterocycles. The maximum absolute atomic E-state index is 14.1. The number of halogens is 2. The van der Waals surface area contributed by atoms with Crippen molar-refractivity contribution in [2.75, 3.05) is 20.6 Å². The number of carboxylic acids is 3. The van der Waals surface area contributed by atoms with E-state index >= 15 is 0 Å². The van der Waals surface area contributed by atoms with Crippen LogP contribution in [0.3, 0.4) is 0 Å². The van der Waals surface area contributed by atoms with Crippen LogP contribution in [0.25, 0.3) is 10.9 Å². The van der Waals surface area contributed by atoms with Crippen LogP contribution in [0, 0.1) is 11.6 Å². The topological polar surface area (TPSA) is 169 Å². The number of likely N-dealkylation sites (N-methyl/N-ethyl adjacent to an activating group) is 1. The van der Waals surface area contributed by atoms with Crippen LogP contribution < -0.4 is 5.32 Å². The summed E-state index contributed by atoms with van der Waals surface area (Å²) in [5.74, 6) is -5.87. The first-order chi connectivity index (χ1) is 18.2. The smallest absolute Gasteiger partial charge is 0.336 e. The summed E-state index contributed by atoms with van der Waals surface area (Å²) >= 11 is 0. The molecule has 1 aromatic heterocycles. The summed E-state index contributed by atoms with van der Waals surface area (Å²) in [6, 6.07) is 12.6. The second-order valence-electron chi connectivity index (χ2n) is 8.93. The van der Waals surface area contributed by atoms with Gasteiger partial charge in [-0.3, -0.25) is 14.4 Å². The summed E-state index contributed by atoms with van der Waals surface area (Å²) in [5.41, 5.74) is -1.54. The van der Waals surface area contributed by atoms with Gasteiger partial charge in [0.1, 0.15) is 18.2 Å². The minimum Gasteiger partial charge on any atom is -0.481 e. The molecular formula is C26H29F2N3O8. The molecule has 210 valence electrons. The first-order valence-electron chi connectivity index (χ1n) is 11.5. The molecule has 0 radical (unpaired) electrons. The van der Waals surface area contributed by atoms with Crippen molar-refractivity contribution in [2.45, 2.75) is 31.0 Å². The van der Waals surface area contributed by atoms with Gasteiger partial charge in [0.15, 0.2) is 5.60 Å². The third-order valence-electron chi connectivity index (χ3n) is 5.72. The molecule has 1 heterocycles. The predicted octanol–water partition coefficient (Wildman–Crippen LogP) is 2.09. The van der Waals surface area contributed by atoms with E-state index in [9.17, 15) is 28.0 Å². The van der Waals surface area contributed by atoms with E-state index < -0.39 is 36.4 Å². The van der Waals surface area contributed by atoms with Crippen molar-refractivity contribution in [1.29, 1.82) is 0 Å². The number of carbonyl (C=O) groups excluding carboxylic acids is 1. The van der Waals surface area contributed by atoms with Gasteiger partial charge in [-0.25, -0.2) is 13.6 Å². The lowest BCUT2D eigenvalue weighted by Gasteiger charge is -2.25. The van der Waals surface area contributed by atoms with Gasteiger partial charge in [-0.2, -0.15) is 0 Å². The van der Waals surface area contributed by atoms with E-state index in [-0.39, 0.29) is 36.7 Å². The van der Waals surface area contributed by atoms with E-state index in [1.807, 2.05) is 25.1 Å². The van der Waals surface area contributed by atoms with Gasteiger partial charge in [0.2, 0.25) is 5.91 Å². The molecule has 11 nitrogen and oxygen atoms in total. The highest BCUT2D eigenvalue weighted by Gasteiger charge is 2.40. The Balaban J connectivity index is 0.000000349. The summed E-state index contributed by atoms with van der Waals surface area (Å²) in [6.45, 7) is 0.352. The van der Waals surface area contributed by atoms with Gasteiger partial charge in [0.05, 0.1) is 24.4 Å². The minimum atomic E-state index is -2.74. The Kier molecular flexibility index (Phi) is 10.6. The average molecular weight is 550 g/mol. The standard InChI is InChI=1S/C20H21F2N3O.C6H8O7/c1-24(2)19(16-5-3-4-6-17(16)22)12-23-20(26)13-25-10-9-14-7-8-15(21)11-18(14)25;7-3(8)1-6(13,5(11)12)2-4(9)10/h3-11,19H,12-13H2,1-2H3,(H,23,26);13H,1-2H2,(H,7,8)(H,9,10)(H,11,12). The molecule has 1 atom stereocenters. The van der Waals surface area contributed by atoms with Gasteiger partial charge in [-0.05, 0) is 49.8 Å². The lowest BCUT2D eigenvalue weighted by Crippen LogP contribution is -2.42. The quantitative estimate of drug-likeness (QED) is 0.240. The molecule has 0 spiro atoms. The summed E-state index contributed by atoms with van der Waals surface area (Å²) in [4.78, 5) is 44.7. The van der Waals surface area contributed by atoms with Crippen molar-refractivity contribution in [3.8, 4) is 0 Å². The van der Waals surface area contributed by atoms with E-state index in [4.69, 9.17) is 20.4 Å². The normalized spacial score (nSPS) is 11.9. The fourth-order valence-electron chi connectivity index (χ4n) is 3.75. The van der Waals surface area contributed by atoms with Crippen molar-refractivity contribution in [3.63, 3.8) is 0 Å². The first kappa shape index (κ1) is 30.9. The number of aromatic nitrogens is 1. The largest absolute Gasteiger partial charge is 0.481 e. The van der Waals surface area contributed by atoms with Crippen LogP contribution in [0.1, 0.15) is 24.4 Å². The summed E-state index contributed by atoms with van der Waals surface area (Å²) < 4.78 is 29.2. The van der Waals surface area contributed by atoms with Crippen molar-refractivity contribution >= 4 is 34.7 Å². The Bertz CT molecular complexity index is 1330.